The molecule has 5 N–H and O–H groups in total. The fourth-order valence-electron chi connectivity index (χ4n) is 2.81. The Bertz CT molecular complexity index is 1020. The maximum Gasteiger partial charge on any atom is 0.469 e. The van der Waals surface area contributed by atoms with E-state index in [1.165, 1.54) is 6.08 Å². The molecule has 0 spiro atoms. The van der Waals surface area contributed by atoms with Crippen LogP contribution in [0.4, 0.5) is 13.2 Å². The van der Waals surface area contributed by atoms with Crippen molar-refractivity contribution in [1.29, 1.82) is 0 Å². The average molecular weight is 512 g/mol. The van der Waals surface area contributed by atoms with Crippen LogP contribution in [0.2, 0.25) is 5.02 Å². The minimum absolute atomic E-state index is 0.0326. The van der Waals surface area contributed by atoms with Gasteiger partial charge in [-0.05, 0) is 55.2 Å². The Morgan fingerprint density at radius 2 is 1.91 bits per heavy atom. The fourth-order valence-corrected chi connectivity index (χ4v) is 4.50. The van der Waals surface area contributed by atoms with E-state index in [4.69, 9.17) is 27.1 Å². The largest absolute Gasteiger partial charge is 0.507 e. The molecule has 0 saturated carbocycles. The number of rotatable bonds is 10. The minimum Gasteiger partial charge on any atom is -0.507 e. The van der Waals surface area contributed by atoms with Crippen LogP contribution in [0.25, 0.3) is 0 Å². The van der Waals surface area contributed by atoms with E-state index in [1.807, 2.05) is 0 Å². The normalized spacial score (nSPS) is 14.2. The molecule has 0 aromatic heterocycles. The Hall–Kier alpha value is -1.52. The van der Waals surface area contributed by atoms with Gasteiger partial charge in [-0.25, -0.2) is 4.57 Å². The molecule has 0 saturated heterocycles. The summed E-state index contributed by atoms with van der Waals surface area (Å²) in [5.74, 6) is -0.286. The van der Waals surface area contributed by atoms with Gasteiger partial charge in [-0.15, -0.1) is 6.58 Å². The molecule has 1 unspecified atom stereocenters. The van der Waals surface area contributed by atoms with Crippen LogP contribution in [-0.4, -0.2) is 27.0 Å². The first kappa shape index (κ1) is 26.7. The molecule has 1 atom stereocenters. The van der Waals surface area contributed by atoms with E-state index in [-0.39, 0.29) is 30.1 Å². The lowest BCUT2D eigenvalue weighted by Gasteiger charge is -2.28. The van der Waals surface area contributed by atoms with Gasteiger partial charge in [0.05, 0.1) is 17.1 Å². The van der Waals surface area contributed by atoms with E-state index < -0.39 is 25.1 Å². The van der Waals surface area contributed by atoms with Crippen LogP contribution in [0.1, 0.15) is 24.0 Å². The molecule has 0 radical (unpaired) electrons. The van der Waals surface area contributed by atoms with Gasteiger partial charge in [-0.2, -0.15) is 13.2 Å². The number of phosphoric acid groups is 1. The van der Waals surface area contributed by atoms with Crippen molar-refractivity contribution < 1.29 is 37.2 Å². The van der Waals surface area contributed by atoms with Crippen molar-refractivity contribution in [3.63, 3.8) is 0 Å². The Labute approximate surface area is 192 Å². The second-order valence-electron chi connectivity index (χ2n) is 7.15. The van der Waals surface area contributed by atoms with Crippen LogP contribution in [0.3, 0.4) is 0 Å². The van der Waals surface area contributed by atoms with Gasteiger partial charge >= 0.3 is 14.0 Å². The summed E-state index contributed by atoms with van der Waals surface area (Å²) in [6.07, 6.45) is -2.14. The molecule has 0 aliphatic heterocycles. The summed E-state index contributed by atoms with van der Waals surface area (Å²) >= 11 is 7.25. The molecule has 0 fully saturated rings. The highest BCUT2D eigenvalue weighted by Gasteiger charge is 2.31. The summed E-state index contributed by atoms with van der Waals surface area (Å²) in [6.45, 7) is 3.21. The first-order chi connectivity index (χ1) is 14.7. The van der Waals surface area contributed by atoms with Crippen LogP contribution in [0.15, 0.2) is 58.8 Å². The van der Waals surface area contributed by atoms with E-state index in [0.29, 0.717) is 21.9 Å². The van der Waals surface area contributed by atoms with E-state index >= 15 is 0 Å². The number of phenols is 1. The van der Waals surface area contributed by atoms with Crippen LogP contribution >= 0.6 is 31.2 Å². The maximum absolute atomic E-state index is 12.9. The lowest BCUT2D eigenvalue weighted by molar-refractivity contribution is -0.137. The van der Waals surface area contributed by atoms with Crippen molar-refractivity contribution in [2.75, 3.05) is 6.61 Å². The number of hydrogen-bond acceptors (Lipinski definition) is 5. The van der Waals surface area contributed by atoms with Crippen molar-refractivity contribution in [3.8, 4) is 5.75 Å². The van der Waals surface area contributed by atoms with Gasteiger partial charge in [0.25, 0.3) is 0 Å². The molecule has 0 heterocycles. The molecule has 0 aliphatic rings. The molecule has 0 bridgehead atoms. The summed E-state index contributed by atoms with van der Waals surface area (Å²) in [5.41, 5.74) is 4.93. The first-order valence-corrected chi connectivity index (χ1v) is 11.9. The zero-order valence-electron chi connectivity index (χ0n) is 16.7. The number of hydrogen-bond donors (Lipinski definition) is 4. The van der Waals surface area contributed by atoms with Gasteiger partial charge in [0.2, 0.25) is 0 Å². The first-order valence-electron chi connectivity index (χ1n) is 9.19. The second kappa shape index (κ2) is 10.6. The van der Waals surface area contributed by atoms with Crippen LogP contribution in [0, 0.1) is 0 Å². The number of aryl methyl sites for hydroxylation is 1. The Balaban J connectivity index is 2.13. The van der Waals surface area contributed by atoms with Gasteiger partial charge in [-0.1, -0.05) is 35.5 Å². The lowest BCUT2D eigenvalue weighted by atomic mass is 9.90. The molecular weight excluding hydrogens is 490 g/mol. The van der Waals surface area contributed by atoms with Gasteiger partial charge in [0.15, 0.2) is 0 Å². The average Bonchev–Trinajstić information content (AvgIpc) is 2.66. The fraction of sp³-hybridized carbons (Fsp3) is 0.300. The number of halogens is 4. The van der Waals surface area contributed by atoms with Gasteiger partial charge in [0.1, 0.15) is 5.75 Å². The molecule has 2 aromatic rings. The number of phenolic OH excluding ortho intramolecular Hbond substituents is 1. The molecule has 0 aliphatic carbocycles. The number of aromatic hydroxyl groups is 1. The summed E-state index contributed by atoms with van der Waals surface area (Å²) < 4.78 is 54.3. The third kappa shape index (κ3) is 8.12. The van der Waals surface area contributed by atoms with Crippen LogP contribution < -0.4 is 5.73 Å². The summed E-state index contributed by atoms with van der Waals surface area (Å²) in [6, 6.07) is 7.52. The SMILES string of the molecule is C=CCC(N)(CCc1ccc(Sc2cc(C(F)(F)F)ccc2O)cc1Cl)COP(=O)(O)O. The van der Waals surface area contributed by atoms with E-state index in [1.54, 1.807) is 18.2 Å². The van der Waals surface area contributed by atoms with E-state index in [0.717, 1.165) is 30.0 Å². The topological polar surface area (TPSA) is 113 Å². The third-order valence-corrected chi connectivity index (χ3v) is 6.36. The quantitative estimate of drug-likeness (QED) is 0.245. The highest BCUT2D eigenvalue weighted by atomic mass is 35.5. The zero-order chi connectivity index (χ0) is 24.2. The lowest BCUT2D eigenvalue weighted by Crippen LogP contribution is -2.44. The molecule has 2 rings (SSSR count). The monoisotopic (exact) mass is 511 g/mol. The van der Waals surface area contributed by atoms with Gasteiger partial charge in [-0.3, -0.25) is 4.52 Å². The summed E-state index contributed by atoms with van der Waals surface area (Å²) in [5, 5.41) is 10.2. The Kier molecular flexibility index (Phi) is 8.86. The van der Waals surface area contributed by atoms with Crippen molar-refractivity contribution in [3.05, 3.63) is 65.2 Å². The smallest absolute Gasteiger partial charge is 0.469 e. The van der Waals surface area contributed by atoms with E-state index in [9.17, 15) is 22.8 Å². The van der Waals surface area contributed by atoms with Crippen molar-refractivity contribution in [2.24, 2.45) is 5.73 Å². The standard InChI is InChI=1S/C20H22ClF3NO5PS/c1-2-8-19(25,12-30-31(27,28)29)9-7-13-3-5-15(11-16(13)21)32-18-10-14(20(22,23)24)4-6-17(18)26/h2-6,10-11,26H,1,7-9,12,25H2,(H2,27,28,29). The molecule has 6 nitrogen and oxygen atoms in total. The van der Waals surface area contributed by atoms with Crippen molar-refractivity contribution >= 4 is 31.2 Å². The molecule has 2 aromatic carbocycles. The van der Waals surface area contributed by atoms with Gasteiger partial charge in [0, 0.05) is 15.5 Å². The predicted molar refractivity (Wildman–Crippen MR) is 117 cm³/mol. The summed E-state index contributed by atoms with van der Waals surface area (Å²) in [4.78, 5) is 18.4. The highest BCUT2D eigenvalue weighted by molar-refractivity contribution is 7.99. The highest BCUT2D eigenvalue weighted by Crippen LogP contribution is 2.40. The Morgan fingerprint density at radius 1 is 1.22 bits per heavy atom. The Morgan fingerprint density at radius 3 is 2.47 bits per heavy atom. The minimum atomic E-state index is -4.68. The predicted octanol–water partition coefficient (Wildman–Crippen LogP) is 5.53. The third-order valence-electron chi connectivity index (χ3n) is 4.50. The second-order valence-corrected chi connectivity index (χ2v) is 9.92. The molecule has 176 valence electrons. The molecule has 12 heteroatoms. The van der Waals surface area contributed by atoms with E-state index in [2.05, 4.69) is 11.1 Å². The number of nitrogens with two attached hydrogens (primary N) is 1. The number of phosphoric ester groups is 1. The molecule has 32 heavy (non-hydrogen) atoms. The summed E-state index contributed by atoms with van der Waals surface area (Å²) in [7, 11) is -4.68. The maximum atomic E-state index is 12.9. The van der Waals surface area contributed by atoms with Crippen molar-refractivity contribution in [2.45, 2.75) is 40.8 Å². The number of benzene rings is 2. The molecule has 0 amide bonds. The van der Waals surface area contributed by atoms with Crippen LogP contribution in [-0.2, 0) is 21.7 Å². The van der Waals surface area contributed by atoms with Crippen molar-refractivity contribution in [1.82, 2.24) is 0 Å². The van der Waals surface area contributed by atoms with Crippen LogP contribution in [0.5, 0.6) is 5.75 Å². The van der Waals surface area contributed by atoms with Gasteiger partial charge < -0.3 is 20.6 Å². The molecular formula is C20H22ClF3NO5PS. The zero-order valence-corrected chi connectivity index (χ0v) is 19.1. The number of alkyl halides is 3.